The van der Waals surface area contributed by atoms with Crippen LogP contribution in [-0.2, 0) is 4.79 Å². The van der Waals surface area contributed by atoms with Crippen molar-refractivity contribution in [2.75, 3.05) is 7.05 Å². The van der Waals surface area contributed by atoms with E-state index in [0.717, 1.165) is 5.56 Å². The second kappa shape index (κ2) is 7.04. The maximum atomic E-state index is 12.6. The fraction of sp³-hybridized carbons (Fsp3) is 0.467. The van der Waals surface area contributed by atoms with Crippen molar-refractivity contribution in [2.45, 2.75) is 26.8 Å². The van der Waals surface area contributed by atoms with E-state index in [4.69, 9.17) is 29.6 Å². The Hall–Kier alpha value is -1.13. The Morgan fingerprint density at radius 2 is 1.95 bits per heavy atom. The summed E-state index contributed by atoms with van der Waals surface area (Å²) in [6.45, 7) is 5.85. The number of thiocarbonyl (C=S) groups is 1. The molecule has 110 valence electrons. The number of halogens is 1. The van der Waals surface area contributed by atoms with Crippen molar-refractivity contribution in [3.63, 3.8) is 0 Å². The van der Waals surface area contributed by atoms with Gasteiger partial charge in [-0.25, -0.2) is 0 Å². The maximum absolute atomic E-state index is 12.6. The first-order chi connectivity index (χ1) is 9.25. The molecule has 1 rings (SSSR count). The number of carbonyl (C=O) groups excluding carboxylic acids is 1. The van der Waals surface area contributed by atoms with Crippen LogP contribution in [-0.4, -0.2) is 22.8 Å². The molecule has 0 aromatic heterocycles. The van der Waals surface area contributed by atoms with Crippen molar-refractivity contribution < 1.29 is 4.79 Å². The SMILES string of the molecule is CC(C)C(C(=O)N(C)C(C)c1cccc(Cl)c1)C(N)=S. The predicted octanol–water partition coefficient (Wildman–Crippen LogP) is 3.42. The normalized spacial score (nSPS) is 13.9. The lowest BCUT2D eigenvalue weighted by Gasteiger charge is -2.30. The van der Waals surface area contributed by atoms with Gasteiger partial charge in [-0.3, -0.25) is 4.79 Å². The average Bonchev–Trinajstić information content (AvgIpc) is 2.36. The number of nitrogens with two attached hydrogens (primary N) is 1. The van der Waals surface area contributed by atoms with Gasteiger partial charge in [-0.15, -0.1) is 0 Å². The Morgan fingerprint density at radius 3 is 2.40 bits per heavy atom. The van der Waals surface area contributed by atoms with Crippen molar-refractivity contribution in [1.82, 2.24) is 4.90 Å². The van der Waals surface area contributed by atoms with E-state index in [0.29, 0.717) is 5.02 Å². The zero-order chi connectivity index (χ0) is 15.4. The molecule has 20 heavy (non-hydrogen) atoms. The Labute approximate surface area is 131 Å². The zero-order valence-electron chi connectivity index (χ0n) is 12.3. The molecule has 0 fully saturated rings. The van der Waals surface area contributed by atoms with Gasteiger partial charge in [-0.1, -0.05) is 49.8 Å². The summed E-state index contributed by atoms with van der Waals surface area (Å²) in [6, 6.07) is 7.41. The van der Waals surface area contributed by atoms with Gasteiger partial charge < -0.3 is 10.6 Å². The number of rotatable bonds is 5. The molecule has 3 nitrogen and oxygen atoms in total. The van der Waals surface area contributed by atoms with Crippen LogP contribution in [0.2, 0.25) is 5.02 Å². The van der Waals surface area contributed by atoms with E-state index in [9.17, 15) is 4.79 Å². The first kappa shape index (κ1) is 16.9. The summed E-state index contributed by atoms with van der Waals surface area (Å²) in [7, 11) is 1.77. The molecule has 0 aliphatic rings. The number of hydrogen-bond donors (Lipinski definition) is 1. The van der Waals surface area contributed by atoms with Crippen LogP contribution in [0.15, 0.2) is 24.3 Å². The van der Waals surface area contributed by atoms with Crippen molar-refractivity contribution in [3.05, 3.63) is 34.9 Å². The molecule has 0 bridgehead atoms. The second-order valence-electron chi connectivity index (χ2n) is 5.30. The number of benzene rings is 1. The largest absolute Gasteiger partial charge is 0.393 e. The minimum Gasteiger partial charge on any atom is -0.393 e. The zero-order valence-corrected chi connectivity index (χ0v) is 13.8. The predicted molar refractivity (Wildman–Crippen MR) is 87.8 cm³/mol. The van der Waals surface area contributed by atoms with Crippen LogP contribution in [0, 0.1) is 11.8 Å². The highest BCUT2D eigenvalue weighted by molar-refractivity contribution is 7.80. The first-order valence-corrected chi connectivity index (χ1v) is 7.35. The van der Waals surface area contributed by atoms with Gasteiger partial charge in [-0.2, -0.15) is 0 Å². The summed E-state index contributed by atoms with van der Waals surface area (Å²) in [5.74, 6) is -0.411. The highest BCUT2D eigenvalue weighted by atomic mass is 35.5. The van der Waals surface area contributed by atoms with Gasteiger partial charge in [0.25, 0.3) is 0 Å². The van der Waals surface area contributed by atoms with Gasteiger partial charge in [0.2, 0.25) is 5.91 Å². The minimum atomic E-state index is -0.434. The molecule has 2 atom stereocenters. The molecule has 0 aliphatic carbocycles. The highest BCUT2D eigenvalue weighted by Crippen LogP contribution is 2.25. The van der Waals surface area contributed by atoms with Crippen LogP contribution in [0.4, 0.5) is 0 Å². The summed E-state index contributed by atoms with van der Waals surface area (Å²) in [4.78, 5) is 14.5. The molecule has 2 N–H and O–H groups in total. The van der Waals surface area contributed by atoms with Gasteiger partial charge in [0.15, 0.2) is 0 Å². The van der Waals surface area contributed by atoms with Crippen LogP contribution < -0.4 is 5.73 Å². The monoisotopic (exact) mass is 312 g/mol. The molecule has 1 amide bonds. The summed E-state index contributed by atoms with van der Waals surface area (Å²) < 4.78 is 0. The molecular formula is C15H21ClN2OS. The molecule has 2 unspecified atom stereocenters. The van der Waals surface area contributed by atoms with E-state index in [2.05, 4.69) is 0 Å². The maximum Gasteiger partial charge on any atom is 0.233 e. The van der Waals surface area contributed by atoms with Crippen LogP contribution in [0.1, 0.15) is 32.4 Å². The Bertz CT molecular complexity index is 504. The molecular weight excluding hydrogens is 292 g/mol. The van der Waals surface area contributed by atoms with E-state index in [-0.39, 0.29) is 22.9 Å². The Morgan fingerprint density at radius 1 is 1.35 bits per heavy atom. The minimum absolute atomic E-state index is 0.0556. The van der Waals surface area contributed by atoms with E-state index >= 15 is 0 Å². The Balaban J connectivity index is 2.96. The lowest BCUT2D eigenvalue weighted by Crippen LogP contribution is -2.42. The molecule has 5 heteroatoms. The highest BCUT2D eigenvalue weighted by Gasteiger charge is 2.30. The number of carbonyl (C=O) groups is 1. The number of hydrogen-bond acceptors (Lipinski definition) is 2. The van der Waals surface area contributed by atoms with Gasteiger partial charge in [0, 0.05) is 12.1 Å². The van der Waals surface area contributed by atoms with Crippen molar-refractivity contribution in [3.8, 4) is 0 Å². The molecule has 0 spiro atoms. The van der Waals surface area contributed by atoms with E-state index in [1.807, 2.05) is 45.0 Å². The molecule has 0 radical (unpaired) electrons. The fourth-order valence-corrected chi connectivity index (χ4v) is 2.71. The summed E-state index contributed by atoms with van der Waals surface area (Å²) >= 11 is 11.0. The fourth-order valence-electron chi connectivity index (χ4n) is 2.14. The first-order valence-electron chi connectivity index (χ1n) is 6.57. The summed E-state index contributed by atoms with van der Waals surface area (Å²) in [5.41, 5.74) is 6.69. The molecule has 1 aromatic rings. The molecule has 0 saturated carbocycles. The van der Waals surface area contributed by atoms with Crippen LogP contribution in [0.3, 0.4) is 0 Å². The van der Waals surface area contributed by atoms with Crippen molar-refractivity contribution in [1.29, 1.82) is 0 Å². The third-order valence-electron chi connectivity index (χ3n) is 3.50. The molecule has 0 aliphatic heterocycles. The Kier molecular flexibility index (Phi) is 5.96. The summed E-state index contributed by atoms with van der Waals surface area (Å²) in [6.07, 6.45) is 0. The average molecular weight is 313 g/mol. The van der Waals surface area contributed by atoms with E-state index < -0.39 is 5.92 Å². The lowest BCUT2D eigenvalue weighted by molar-refractivity contribution is -0.135. The number of amides is 1. The third-order valence-corrected chi connectivity index (χ3v) is 3.99. The van der Waals surface area contributed by atoms with Gasteiger partial charge >= 0.3 is 0 Å². The molecule has 1 aromatic carbocycles. The molecule has 0 saturated heterocycles. The third kappa shape index (κ3) is 3.93. The number of nitrogens with zero attached hydrogens (tertiary/aromatic N) is 1. The molecule has 0 heterocycles. The quantitative estimate of drug-likeness (QED) is 0.847. The lowest BCUT2D eigenvalue weighted by atomic mass is 9.93. The topological polar surface area (TPSA) is 46.3 Å². The van der Waals surface area contributed by atoms with Crippen LogP contribution >= 0.6 is 23.8 Å². The van der Waals surface area contributed by atoms with Gasteiger partial charge in [0.1, 0.15) is 0 Å². The van der Waals surface area contributed by atoms with E-state index in [1.165, 1.54) is 0 Å². The van der Waals surface area contributed by atoms with E-state index in [1.54, 1.807) is 11.9 Å². The second-order valence-corrected chi connectivity index (χ2v) is 6.21. The van der Waals surface area contributed by atoms with Crippen molar-refractivity contribution >= 4 is 34.7 Å². The van der Waals surface area contributed by atoms with Gasteiger partial charge in [0.05, 0.1) is 16.9 Å². The summed E-state index contributed by atoms with van der Waals surface area (Å²) in [5, 5.41) is 0.657. The van der Waals surface area contributed by atoms with Gasteiger partial charge in [-0.05, 0) is 30.5 Å². The smallest absolute Gasteiger partial charge is 0.233 e. The van der Waals surface area contributed by atoms with Crippen LogP contribution in [0.25, 0.3) is 0 Å². The van der Waals surface area contributed by atoms with Crippen LogP contribution in [0.5, 0.6) is 0 Å². The standard InChI is InChI=1S/C15H21ClN2OS/c1-9(2)13(14(17)20)15(19)18(4)10(3)11-6-5-7-12(16)8-11/h5-10,13H,1-4H3,(H2,17,20). The van der Waals surface area contributed by atoms with Crippen molar-refractivity contribution in [2.24, 2.45) is 17.6 Å².